The number of amides is 1. The van der Waals surface area contributed by atoms with Crippen LogP contribution in [0.15, 0.2) is 4.99 Å². The van der Waals surface area contributed by atoms with Gasteiger partial charge >= 0.3 is 12.3 Å². The van der Waals surface area contributed by atoms with E-state index in [1.54, 1.807) is 11.8 Å². The molecule has 11 heteroatoms. The number of alkyl halides is 3. The van der Waals surface area contributed by atoms with E-state index in [-0.39, 0.29) is 36.1 Å². The van der Waals surface area contributed by atoms with Crippen LogP contribution in [-0.2, 0) is 4.74 Å². The lowest BCUT2D eigenvalue weighted by atomic mass is 9.93. The second-order valence-corrected chi connectivity index (χ2v) is 7.99. The SMILES string of the molecule is CCNC(=NCCC1CCN(CC(F)(F)F)CC1)NC1CCN(C(=O)OCC)CC1.I. The molecule has 0 radical (unpaired) electrons. The molecule has 2 rings (SSSR count). The predicted molar refractivity (Wildman–Crippen MR) is 126 cm³/mol. The smallest absolute Gasteiger partial charge is 0.409 e. The Morgan fingerprint density at radius 1 is 1.10 bits per heavy atom. The van der Waals surface area contributed by atoms with Crippen molar-refractivity contribution >= 4 is 36.0 Å². The highest BCUT2D eigenvalue weighted by molar-refractivity contribution is 14.0. The van der Waals surface area contributed by atoms with E-state index in [1.807, 2.05) is 6.92 Å². The van der Waals surface area contributed by atoms with Gasteiger partial charge in [0.15, 0.2) is 5.96 Å². The van der Waals surface area contributed by atoms with Crippen LogP contribution >= 0.6 is 24.0 Å². The van der Waals surface area contributed by atoms with Gasteiger partial charge in [0.1, 0.15) is 0 Å². The van der Waals surface area contributed by atoms with Crippen molar-refractivity contribution in [3.8, 4) is 0 Å². The monoisotopic (exact) mass is 563 g/mol. The normalized spacial score (nSPS) is 19.6. The summed E-state index contributed by atoms with van der Waals surface area (Å²) in [7, 11) is 0. The molecule has 2 fully saturated rings. The number of hydrogen-bond acceptors (Lipinski definition) is 4. The van der Waals surface area contributed by atoms with E-state index in [9.17, 15) is 18.0 Å². The molecule has 2 aliphatic rings. The fourth-order valence-electron chi connectivity index (χ4n) is 3.98. The Morgan fingerprint density at radius 2 is 1.74 bits per heavy atom. The first-order chi connectivity index (χ1) is 14.3. The van der Waals surface area contributed by atoms with Crippen LogP contribution < -0.4 is 10.6 Å². The molecule has 2 heterocycles. The highest BCUT2D eigenvalue weighted by Crippen LogP contribution is 2.24. The Labute approximate surface area is 200 Å². The predicted octanol–water partition coefficient (Wildman–Crippen LogP) is 3.44. The number of carbonyl (C=O) groups excluding carboxylic acids is 1. The average molecular weight is 563 g/mol. The summed E-state index contributed by atoms with van der Waals surface area (Å²) in [6, 6.07) is 0.249. The van der Waals surface area contributed by atoms with E-state index in [2.05, 4.69) is 15.6 Å². The number of halogens is 4. The zero-order valence-electron chi connectivity index (χ0n) is 18.5. The molecule has 0 aromatic rings. The quantitative estimate of drug-likeness (QED) is 0.282. The third-order valence-corrected chi connectivity index (χ3v) is 5.62. The van der Waals surface area contributed by atoms with Gasteiger partial charge in [0.2, 0.25) is 0 Å². The summed E-state index contributed by atoms with van der Waals surface area (Å²) in [4.78, 5) is 19.7. The number of nitrogens with zero attached hydrogens (tertiary/aromatic N) is 3. The Kier molecular flexibility index (Phi) is 12.9. The molecule has 0 unspecified atom stereocenters. The summed E-state index contributed by atoms with van der Waals surface area (Å²) >= 11 is 0. The molecule has 1 amide bonds. The van der Waals surface area contributed by atoms with Crippen molar-refractivity contribution in [3.63, 3.8) is 0 Å². The summed E-state index contributed by atoms with van der Waals surface area (Å²) in [5.41, 5.74) is 0. The first-order valence-electron chi connectivity index (χ1n) is 11.1. The molecular weight excluding hydrogens is 526 g/mol. The van der Waals surface area contributed by atoms with Crippen molar-refractivity contribution in [2.45, 2.75) is 58.2 Å². The van der Waals surface area contributed by atoms with Gasteiger partial charge in [-0.1, -0.05) is 0 Å². The number of aliphatic imine (C=N–C) groups is 1. The Morgan fingerprint density at radius 3 is 2.29 bits per heavy atom. The van der Waals surface area contributed by atoms with Gasteiger partial charge in [-0.15, -0.1) is 24.0 Å². The molecule has 0 spiro atoms. The molecule has 0 aliphatic carbocycles. The maximum Gasteiger partial charge on any atom is 0.409 e. The highest BCUT2D eigenvalue weighted by atomic mass is 127. The number of hydrogen-bond donors (Lipinski definition) is 2. The fraction of sp³-hybridized carbons (Fsp3) is 0.900. The van der Waals surface area contributed by atoms with Crippen LogP contribution in [0.4, 0.5) is 18.0 Å². The van der Waals surface area contributed by atoms with Gasteiger partial charge in [-0.05, 0) is 65.0 Å². The van der Waals surface area contributed by atoms with E-state index in [4.69, 9.17) is 4.74 Å². The van der Waals surface area contributed by atoms with Crippen molar-refractivity contribution in [2.24, 2.45) is 10.9 Å². The van der Waals surface area contributed by atoms with Crippen LogP contribution in [0.2, 0.25) is 0 Å². The molecule has 0 saturated carbocycles. The molecule has 2 N–H and O–H groups in total. The van der Waals surface area contributed by atoms with Crippen LogP contribution in [0, 0.1) is 5.92 Å². The molecule has 0 bridgehead atoms. The van der Waals surface area contributed by atoms with Gasteiger partial charge in [0, 0.05) is 32.2 Å². The van der Waals surface area contributed by atoms with Crippen molar-refractivity contribution in [3.05, 3.63) is 0 Å². The number of nitrogens with one attached hydrogen (secondary N) is 2. The van der Waals surface area contributed by atoms with Gasteiger partial charge in [-0.2, -0.15) is 13.2 Å². The molecule has 0 aromatic heterocycles. The van der Waals surface area contributed by atoms with Crippen molar-refractivity contribution in [2.75, 3.05) is 52.4 Å². The van der Waals surface area contributed by atoms with Crippen LogP contribution in [0.25, 0.3) is 0 Å². The summed E-state index contributed by atoms with van der Waals surface area (Å²) in [5, 5.41) is 6.70. The minimum absolute atomic E-state index is 0. The van der Waals surface area contributed by atoms with Crippen LogP contribution in [0.3, 0.4) is 0 Å². The first-order valence-corrected chi connectivity index (χ1v) is 11.1. The van der Waals surface area contributed by atoms with Gasteiger partial charge in [0.25, 0.3) is 0 Å². The summed E-state index contributed by atoms with van der Waals surface area (Å²) in [6.45, 7) is 7.13. The third kappa shape index (κ3) is 10.9. The minimum atomic E-state index is -4.12. The first kappa shape index (κ1) is 28.1. The van der Waals surface area contributed by atoms with Crippen molar-refractivity contribution < 1.29 is 22.7 Å². The van der Waals surface area contributed by atoms with Crippen LogP contribution in [-0.4, -0.2) is 86.5 Å². The summed E-state index contributed by atoms with van der Waals surface area (Å²) in [6.07, 6.45) is -0.225. The number of ether oxygens (including phenoxy) is 1. The van der Waals surface area contributed by atoms with Crippen LogP contribution in [0.5, 0.6) is 0 Å². The van der Waals surface area contributed by atoms with Gasteiger partial charge in [0.05, 0.1) is 13.2 Å². The number of carbonyl (C=O) groups is 1. The van der Waals surface area contributed by atoms with Gasteiger partial charge in [-0.3, -0.25) is 9.89 Å². The minimum Gasteiger partial charge on any atom is -0.450 e. The van der Waals surface area contributed by atoms with Gasteiger partial charge < -0.3 is 20.3 Å². The van der Waals surface area contributed by atoms with E-state index >= 15 is 0 Å². The number of piperidine rings is 2. The molecule has 7 nitrogen and oxygen atoms in total. The summed E-state index contributed by atoms with van der Waals surface area (Å²) in [5.74, 6) is 1.19. The van der Waals surface area contributed by atoms with Crippen molar-refractivity contribution in [1.29, 1.82) is 0 Å². The molecule has 0 atom stereocenters. The lowest BCUT2D eigenvalue weighted by Gasteiger charge is -2.33. The largest absolute Gasteiger partial charge is 0.450 e. The molecule has 2 saturated heterocycles. The lowest BCUT2D eigenvalue weighted by molar-refractivity contribution is -0.148. The number of likely N-dealkylation sites (tertiary alicyclic amines) is 2. The van der Waals surface area contributed by atoms with Crippen molar-refractivity contribution in [1.82, 2.24) is 20.4 Å². The fourth-order valence-corrected chi connectivity index (χ4v) is 3.98. The second-order valence-electron chi connectivity index (χ2n) is 7.99. The maximum absolute atomic E-state index is 12.5. The lowest BCUT2D eigenvalue weighted by Crippen LogP contribution is -2.50. The highest BCUT2D eigenvalue weighted by Gasteiger charge is 2.32. The van der Waals surface area contributed by atoms with Crippen LogP contribution in [0.1, 0.15) is 46.0 Å². The molecule has 182 valence electrons. The van der Waals surface area contributed by atoms with E-state index in [0.717, 1.165) is 44.6 Å². The topological polar surface area (TPSA) is 69.2 Å². The number of rotatable bonds is 7. The molecule has 2 aliphatic heterocycles. The molecular formula is C20H37F3IN5O2. The molecule has 0 aromatic carbocycles. The van der Waals surface area contributed by atoms with E-state index < -0.39 is 12.7 Å². The Bertz CT molecular complexity index is 549. The number of guanidine groups is 1. The second kappa shape index (κ2) is 14.2. The van der Waals surface area contributed by atoms with E-state index in [1.165, 1.54) is 4.90 Å². The van der Waals surface area contributed by atoms with E-state index in [0.29, 0.717) is 45.2 Å². The Hall–Kier alpha value is -0.980. The maximum atomic E-state index is 12.5. The summed E-state index contributed by atoms with van der Waals surface area (Å²) < 4.78 is 42.5. The zero-order chi connectivity index (χ0) is 22.0. The Balaban J connectivity index is 0.00000480. The zero-order valence-corrected chi connectivity index (χ0v) is 20.9. The standard InChI is InChI=1S/C20H36F3N5O2.HI/c1-3-24-18(26-17-8-13-28(14-9-17)19(29)30-4-2)25-10-5-16-6-11-27(12-7-16)15-20(21,22)23;/h16-17H,3-15H2,1-2H3,(H2,24,25,26);1H. The average Bonchev–Trinajstić information content (AvgIpc) is 2.69. The molecule has 31 heavy (non-hydrogen) atoms. The van der Waals surface area contributed by atoms with Gasteiger partial charge in [-0.25, -0.2) is 4.79 Å². The third-order valence-electron chi connectivity index (χ3n) is 5.62.